The lowest BCUT2D eigenvalue weighted by Gasteiger charge is -2.14. The van der Waals surface area contributed by atoms with Gasteiger partial charge in [-0.25, -0.2) is 4.99 Å². The molecule has 0 saturated carbocycles. The summed E-state index contributed by atoms with van der Waals surface area (Å²) in [6, 6.07) is 8.12. The zero-order valence-corrected chi connectivity index (χ0v) is 17.7. The summed E-state index contributed by atoms with van der Waals surface area (Å²) >= 11 is 0. The first-order chi connectivity index (χ1) is 13.7. The van der Waals surface area contributed by atoms with Crippen LogP contribution in [-0.2, 0) is 16.0 Å². The Morgan fingerprint density at radius 3 is 2.89 bits per heavy atom. The third-order valence-electron chi connectivity index (χ3n) is 4.43. The van der Waals surface area contributed by atoms with E-state index >= 15 is 0 Å². The van der Waals surface area contributed by atoms with Crippen LogP contribution in [0.15, 0.2) is 29.3 Å². The summed E-state index contributed by atoms with van der Waals surface area (Å²) < 4.78 is 17.0. The van der Waals surface area contributed by atoms with Crippen LogP contribution in [-0.4, -0.2) is 52.1 Å². The van der Waals surface area contributed by atoms with Crippen molar-refractivity contribution in [3.8, 4) is 5.75 Å². The molecule has 1 aliphatic rings. The average Bonchev–Trinajstić information content (AvgIpc) is 3.21. The second kappa shape index (κ2) is 13.4. The molecule has 6 nitrogen and oxygen atoms in total. The summed E-state index contributed by atoms with van der Waals surface area (Å²) in [4.78, 5) is 4.71. The van der Waals surface area contributed by atoms with Gasteiger partial charge in [0.15, 0.2) is 5.96 Å². The average molecular weight is 392 g/mol. The highest BCUT2D eigenvalue weighted by Gasteiger charge is 2.15. The van der Waals surface area contributed by atoms with Crippen molar-refractivity contribution in [2.45, 2.75) is 40.2 Å². The predicted molar refractivity (Wildman–Crippen MR) is 114 cm³/mol. The molecule has 0 radical (unpaired) electrons. The third-order valence-corrected chi connectivity index (χ3v) is 4.43. The van der Waals surface area contributed by atoms with Gasteiger partial charge in [0.2, 0.25) is 0 Å². The van der Waals surface area contributed by atoms with E-state index in [1.807, 2.05) is 18.2 Å². The molecule has 0 spiro atoms. The highest BCUT2D eigenvalue weighted by Crippen LogP contribution is 2.19. The lowest BCUT2D eigenvalue weighted by molar-refractivity contribution is 0.0888. The molecule has 0 bridgehead atoms. The summed E-state index contributed by atoms with van der Waals surface area (Å²) in [5, 5.41) is 6.68. The number of ether oxygens (including phenoxy) is 3. The number of hydrogen-bond acceptors (Lipinski definition) is 4. The standard InChI is InChI=1S/C22H37N3O3/c1-4-23-22(24-11-7-12-26-16-19-10-13-27-17-19)25-14-20-8-5-6-9-21(20)28-15-18(2)3/h5-6,8-9,18-19H,4,7,10-17H2,1-3H3,(H2,23,24,25). The third kappa shape index (κ3) is 8.93. The molecule has 1 atom stereocenters. The van der Waals surface area contributed by atoms with Crippen molar-refractivity contribution < 1.29 is 14.2 Å². The second-order valence-electron chi connectivity index (χ2n) is 7.59. The molecule has 6 heteroatoms. The van der Waals surface area contributed by atoms with E-state index in [2.05, 4.69) is 37.5 Å². The van der Waals surface area contributed by atoms with Crippen molar-refractivity contribution in [1.82, 2.24) is 10.6 Å². The molecule has 0 aliphatic carbocycles. The Kier molecular flexibility index (Phi) is 10.8. The van der Waals surface area contributed by atoms with Gasteiger partial charge in [0.25, 0.3) is 0 Å². The van der Waals surface area contributed by atoms with Crippen LogP contribution in [0.5, 0.6) is 5.75 Å². The molecule has 1 heterocycles. The van der Waals surface area contributed by atoms with Gasteiger partial charge >= 0.3 is 0 Å². The highest BCUT2D eigenvalue weighted by atomic mass is 16.5. The van der Waals surface area contributed by atoms with Gasteiger partial charge in [-0.3, -0.25) is 0 Å². The van der Waals surface area contributed by atoms with Gasteiger partial charge in [-0.05, 0) is 31.7 Å². The molecule has 1 saturated heterocycles. The van der Waals surface area contributed by atoms with Crippen LogP contribution in [0, 0.1) is 11.8 Å². The molecule has 1 fully saturated rings. The van der Waals surface area contributed by atoms with Crippen molar-refractivity contribution in [2.75, 3.05) is 46.1 Å². The molecule has 2 rings (SSSR count). The molecule has 1 aromatic rings. The summed E-state index contributed by atoms with van der Waals surface area (Å²) in [5.74, 6) is 2.81. The molecule has 28 heavy (non-hydrogen) atoms. The molecule has 0 amide bonds. The Morgan fingerprint density at radius 1 is 1.29 bits per heavy atom. The molecule has 158 valence electrons. The smallest absolute Gasteiger partial charge is 0.191 e. The van der Waals surface area contributed by atoms with E-state index in [1.54, 1.807) is 0 Å². The van der Waals surface area contributed by atoms with Crippen LogP contribution in [0.1, 0.15) is 39.2 Å². The first-order valence-electron chi connectivity index (χ1n) is 10.6. The number of guanidine groups is 1. The number of nitrogens with one attached hydrogen (secondary N) is 2. The lowest BCUT2D eigenvalue weighted by atomic mass is 10.1. The van der Waals surface area contributed by atoms with Gasteiger partial charge in [0.1, 0.15) is 5.75 Å². The summed E-state index contributed by atoms with van der Waals surface area (Å²) in [5.41, 5.74) is 1.10. The number of hydrogen-bond donors (Lipinski definition) is 2. The van der Waals surface area contributed by atoms with Gasteiger partial charge in [-0.1, -0.05) is 32.0 Å². The second-order valence-corrected chi connectivity index (χ2v) is 7.59. The number of aliphatic imine (C=N–C) groups is 1. The fourth-order valence-corrected chi connectivity index (χ4v) is 2.88. The van der Waals surface area contributed by atoms with Crippen LogP contribution in [0.3, 0.4) is 0 Å². The van der Waals surface area contributed by atoms with Crippen molar-refractivity contribution >= 4 is 5.96 Å². The zero-order valence-electron chi connectivity index (χ0n) is 17.7. The van der Waals surface area contributed by atoms with Crippen LogP contribution in [0.2, 0.25) is 0 Å². The summed E-state index contributed by atoms with van der Waals surface area (Å²) in [6.07, 6.45) is 2.07. The minimum Gasteiger partial charge on any atom is -0.493 e. The predicted octanol–water partition coefficient (Wildman–Crippen LogP) is 3.22. The van der Waals surface area contributed by atoms with E-state index in [-0.39, 0.29) is 0 Å². The largest absolute Gasteiger partial charge is 0.493 e. The highest BCUT2D eigenvalue weighted by molar-refractivity contribution is 5.79. The topological polar surface area (TPSA) is 64.1 Å². The van der Waals surface area contributed by atoms with E-state index in [0.717, 1.165) is 69.6 Å². The van der Waals surface area contributed by atoms with Crippen molar-refractivity contribution in [3.05, 3.63) is 29.8 Å². The summed E-state index contributed by atoms with van der Waals surface area (Å²) in [6.45, 7) is 12.6. The molecular weight excluding hydrogens is 354 g/mol. The molecule has 0 aromatic heterocycles. The van der Waals surface area contributed by atoms with E-state index in [0.29, 0.717) is 25.0 Å². The van der Waals surface area contributed by atoms with Crippen LogP contribution in [0.25, 0.3) is 0 Å². The number of para-hydroxylation sites is 1. The van der Waals surface area contributed by atoms with Gasteiger partial charge in [-0.2, -0.15) is 0 Å². The minimum atomic E-state index is 0.499. The van der Waals surface area contributed by atoms with E-state index < -0.39 is 0 Å². The Labute approximate surface area is 170 Å². The van der Waals surface area contributed by atoms with Crippen LogP contribution in [0.4, 0.5) is 0 Å². The first-order valence-corrected chi connectivity index (χ1v) is 10.6. The first kappa shape index (κ1) is 22.5. The van der Waals surface area contributed by atoms with Crippen LogP contribution >= 0.6 is 0 Å². The minimum absolute atomic E-state index is 0.499. The van der Waals surface area contributed by atoms with Gasteiger partial charge in [0, 0.05) is 37.8 Å². The van der Waals surface area contributed by atoms with Crippen molar-refractivity contribution in [1.29, 1.82) is 0 Å². The Bertz CT molecular complexity index is 572. The van der Waals surface area contributed by atoms with Crippen molar-refractivity contribution in [2.24, 2.45) is 16.8 Å². The Hall–Kier alpha value is -1.79. The molecule has 1 unspecified atom stereocenters. The van der Waals surface area contributed by atoms with E-state index in [4.69, 9.17) is 19.2 Å². The van der Waals surface area contributed by atoms with Gasteiger partial charge < -0.3 is 24.8 Å². The van der Waals surface area contributed by atoms with E-state index in [9.17, 15) is 0 Å². The molecular formula is C22H37N3O3. The van der Waals surface area contributed by atoms with Crippen molar-refractivity contribution in [3.63, 3.8) is 0 Å². The SMILES string of the molecule is CCNC(=NCc1ccccc1OCC(C)C)NCCCOCC1CCOC1. The number of rotatable bonds is 12. The van der Waals surface area contributed by atoms with E-state index in [1.165, 1.54) is 0 Å². The molecule has 1 aromatic carbocycles. The Morgan fingerprint density at radius 2 is 2.14 bits per heavy atom. The zero-order chi connectivity index (χ0) is 20.0. The normalized spacial score (nSPS) is 17.1. The number of benzene rings is 1. The van der Waals surface area contributed by atoms with Crippen LogP contribution < -0.4 is 15.4 Å². The summed E-state index contributed by atoms with van der Waals surface area (Å²) in [7, 11) is 0. The quantitative estimate of drug-likeness (QED) is 0.325. The monoisotopic (exact) mass is 391 g/mol. The maximum atomic E-state index is 5.92. The van der Waals surface area contributed by atoms with Gasteiger partial charge in [-0.15, -0.1) is 0 Å². The Balaban J connectivity index is 1.73. The fourth-order valence-electron chi connectivity index (χ4n) is 2.88. The lowest BCUT2D eigenvalue weighted by Crippen LogP contribution is -2.38. The fraction of sp³-hybridized carbons (Fsp3) is 0.682. The maximum absolute atomic E-state index is 5.92. The molecule has 1 aliphatic heterocycles. The number of nitrogens with zero attached hydrogens (tertiary/aromatic N) is 1. The maximum Gasteiger partial charge on any atom is 0.191 e. The molecule has 2 N–H and O–H groups in total. The van der Waals surface area contributed by atoms with Gasteiger partial charge in [0.05, 0.1) is 26.4 Å².